The predicted octanol–water partition coefficient (Wildman–Crippen LogP) is -0.352. The van der Waals surface area contributed by atoms with Crippen molar-refractivity contribution in [2.24, 2.45) is 0 Å². The van der Waals surface area contributed by atoms with Crippen molar-refractivity contribution in [3.8, 4) is 34.2 Å². The van der Waals surface area contributed by atoms with Crippen molar-refractivity contribution in [2.75, 3.05) is 0 Å². The van der Waals surface area contributed by atoms with Gasteiger partial charge in [-0.25, -0.2) is 15.0 Å². The van der Waals surface area contributed by atoms with Crippen LogP contribution in [0.1, 0.15) is 0 Å². The number of aromatic nitrogens is 3. The highest BCUT2D eigenvalue weighted by molar-refractivity contribution is 6.32. The summed E-state index contributed by atoms with van der Waals surface area (Å²) in [4.78, 5) is 14.4. The Morgan fingerprint density at radius 3 is 0.815 bits per heavy atom. The van der Waals surface area contributed by atoms with E-state index in [2.05, 4.69) is 72.8 Å². The zero-order valence-corrected chi connectivity index (χ0v) is 21.8. The number of rotatable bonds is 3. The molecule has 3 aromatic carbocycles. The molecule has 0 atom stereocenters. The van der Waals surface area contributed by atoms with Gasteiger partial charge in [0.2, 0.25) is 0 Å². The molecule has 0 fully saturated rings. The molecule has 1 heterocycles. The highest BCUT2D eigenvalue weighted by Crippen LogP contribution is 2.23. The van der Waals surface area contributed by atoms with E-state index in [9.17, 15) is 0 Å². The van der Waals surface area contributed by atoms with Crippen LogP contribution >= 0.6 is 0 Å². The van der Waals surface area contributed by atoms with Crippen molar-refractivity contribution >= 4 is 62.1 Å². The molecular formula is C21H18Al3N3. The highest BCUT2D eigenvalue weighted by Gasteiger charge is 2.12. The summed E-state index contributed by atoms with van der Waals surface area (Å²) in [7, 11) is 0. The Hall–Kier alpha value is -1.73. The van der Waals surface area contributed by atoms with Gasteiger partial charge in [-0.1, -0.05) is 72.8 Å². The third kappa shape index (κ3) is 4.40. The van der Waals surface area contributed by atoms with Gasteiger partial charge in [-0.2, -0.15) is 0 Å². The van der Waals surface area contributed by atoms with Crippen LogP contribution < -0.4 is 13.3 Å². The van der Waals surface area contributed by atoms with Gasteiger partial charge in [0.05, 0.1) is 0 Å². The van der Waals surface area contributed by atoms with Crippen LogP contribution in [0.3, 0.4) is 0 Å². The zero-order valence-electron chi connectivity index (χ0n) is 15.8. The van der Waals surface area contributed by atoms with Crippen molar-refractivity contribution in [1.82, 2.24) is 15.0 Å². The molecule has 1 aromatic heterocycles. The molecular weight excluding hydrogens is 375 g/mol. The van der Waals surface area contributed by atoms with E-state index in [4.69, 9.17) is 15.0 Å². The molecule has 0 aliphatic rings. The van der Waals surface area contributed by atoms with Gasteiger partial charge < -0.3 is 0 Å². The predicted molar refractivity (Wildman–Crippen MR) is 121 cm³/mol. The topological polar surface area (TPSA) is 38.7 Å². The van der Waals surface area contributed by atoms with Crippen molar-refractivity contribution < 1.29 is 0 Å². The van der Waals surface area contributed by atoms with E-state index in [1.54, 1.807) is 0 Å². The van der Waals surface area contributed by atoms with Crippen molar-refractivity contribution in [3.63, 3.8) is 0 Å². The maximum absolute atomic E-state index is 4.78. The fourth-order valence-electron chi connectivity index (χ4n) is 2.87. The Balaban J connectivity index is 1.89. The van der Waals surface area contributed by atoms with Crippen LogP contribution in [-0.2, 0) is 0 Å². The fourth-order valence-corrected chi connectivity index (χ4v) is 3.87. The maximum atomic E-state index is 4.78. The molecule has 0 saturated carbocycles. The van der Waals surface area contributed by atoms with E-state index in [0.717, 1.165) is 83.0 Å². The largest absolute Gasteiger partial charge is 0.258 e. The highest BCUT2D eigenvalue weighted by atomic mass is 27.1. The van der Waals surface area contributed by atoms with Crippen molar-refractivity contribution in [2.45, 2.75) is 0 Å². The minimum Gasteiger partial charge on any atom is -0.208 e. The first-order valence-electron chi connectivity index (χ1n) is 9.06. The van der Waals surface area contributed by atoms with Crippen LogP contribution in [0.15, 0.2) is 72.8 Å². The van der Waals surface area contributed by atoms with Crippen LogP contribution in [0.2, 0.25) is 0 Å². The molecule has 27 heavy (non-hydrogen) atoms. The molecule has 0 aliphatic carbocycles. The number of hydrogen-bond donors (Lipinski definition) is 0. The molecule has 0 spiro atoms. The number of hydrogen-bond acceptors (Lipinski definition) is 3. The van der Waals surface area contributed by atoms with E-state index in [-0.39, 0.29) is 0 Å². The molecule has 4 aromatic rings. The first kappa shape index (κ1) is 18.6. The molecule has 3 nitrogen and oxygen atoms in total. The SMILES string of the molecule is [AlH2][c]1ccc(-c2nc(-c3cc[c]([AlH2])cc3)nc(-c3cc[c]([AlH2])cc3)n2)cc1. The Morgan fingerprint density at radius 2 is 0.593 bits per heavy atom. The second-order valence-corrected chi connectivity index (χ2v) is 10.4. The Bertz CT molecular complexity index is 923. The molecule has 0 radical (unpaired) electrons. The summed E-state index contributed by atoms with van der Waals surface area (Å²) >= 11 is 3.13. The fraction of sp³-hybridized carbons (Fsp3) is 0. The maximum Gasteiger partial charge on any atom is 0.258 e. The molecule has 4 rings (SSSR count). The smallest absolute Gasteiger partial charge is 0.208 e. The lowest BCUT2D eigenvalue weighted by molar-refractivity contribution is 1.07. The van der Waals surface area contributed by atoms with Gasteiger partial charge in [-0.05, 0) is 0 Å². The average molecular weight is 393 g/mol. The monoisotopic (exact) mass is 393 g/mol. The van der Waals surface area contributed by atoms with E-state index < -0.39 is 0 Å². The van der Waals surface area contributed by atoms with Gasteiger partial charge in [0.25, 0.3) is 48.9 Å². The standard InChI is InChI=1S/C21H12N3.3Al.6H/c1-4-10-16(11-5-1)19-22-20(17-12-6-2-7-13-17)24-21(23-19)18-14-8-3-9-15-18;;;;;;;;;/h4-15H;;;;;;;;;. The molecule has 0 saturated heterocycles. The number of benzene rings is 3. The summed E-state index contributed by atoms with van der Waals surface area (Å²) < 4.78 is 4.08. The molecule has 0 bridgehead atoms. The summed E-state index contributed by atoms with van der Waals surface area (Å²) in [5, 5.41) is 0. The van der Waals surface area contributed by atoms with E-state index in [1.165, 1.54) is 13.3 Å². The zero-order chi connectivity index (χ0) is 18.8. The third-order valence-corrected chi connectivity index (χ3v) is 6.56. The third-order valence-electron chi connectivity index (χ3n) is 4.56. The van der Waals surface area contributed by atoms with Gasteiger partial charge in [0.15, 0.2) is 17.5 Å². The lowest BCUT2D eigenvalue weighted by atomic mass is 10.1. The molecule has 6 heteroatoms. The second-order valence-electron chi connectivity index (χ2n) is 6.90. The first-order valence-corrected chi connectivity index (χ1v) is 12.1. The normalized spacial score (nSPS) is 10.7. The Labute approximate surface area is 183 Å². The van der Waals surface area contributed by atoms with Gasteiger partial charge in [-0.3, -0.25) is 0 Å². The van der Waals surface area contributed by atoms with Crippen molar-refractivity contribution in [1.29, 1.82) is 0 Å². The minimum absolute atomic E-state index is 0.724. The van der Waals surface area contributed by atoms with Gasteiger partial charge in [0.1, 0.15) is 0 Å². The van der Waals surface area contributed by atoms with Crippen LogP contribution in [0.5, 0.6) is 0 Å². The Morgan fingerprint density at radius 1 is 0.370 bits per heavy atom. The second kappa shape index (κ2) is 8.10. The summed E-state index contributed by atoms with van der Waals surface area (Å²) in [5.74, 6) is 2.17. The van der Waals surface area contributed by atoms with Gasteiger partial charge >= 0.3 is 0 Å². The average Bonchev–Trinajstić information content (AvgIpc) is 2.69. The molecule has 126 valence electrons. The van der Waals surface area contributed by atoms with E-state index in [0.29, 0.717) is 0 Å². The molecule has 0 N–H and O–H groups in total. The van der Waals surface area contributed by atoms with Gasteiger partial charge in [0, 0.05) is 16.7 Å². The summed E-state index contributed by atoms with van der Waals surface area (Å²) in [6, 6.07) is 25.5. The number of nitrogens with zero attached hydrogens (tertiary/aromatic N) is 3. The molecule has 0 unspecified atom stereocenters. The molecule has 0 amide bonds. The van der Waals surface area contributed by atoms with Gasteiger partial charge in [-0.15, -0.1) is 13.3 Å². The minimum atomic E-state index is 0.724. The molecule has 0 aliphatic heterocycles. The quantitative estimate of drug-likeness (QED) is 0.447. The lowest BCUT2D eigenvalue weighted by Gasteiger charge is -2.09. The van der Waals surface area contributed by atoms with Crippen molar-refractivity contribution in [3.05, 3.63) is 72.8 Å². The summed E-state index contributed by atoms with van der Waals surface area (Å²) in [6.07, 6.45) is 0. The lowest BCUT2D eigenvalue weighted by Crippen LogP contribution is -2.05. The Kier molecular flexibility index (Phi) is 5.59. The van der Waals surface area contributed by atoms with E-state index in [1.807, 2.05) is 0 Å². The summed E-state index contributed by atoms with van der Waals surface area (Å²) in [6.45, 7) is 0. The van der Waals surface area contributed by atoms with Crippen LogP contribution in [0.4, 0.5) is 0 Å². The summed E-state index contributed by atoms with van der Waals surface area (Å²) in [5.41, 5.74) is 3.08. The van der Waals surface area contributed by atoms with Crippen LogP contribution in [0, 0.1) is 0 Å². The van der Waals surface area contributed by atoms with Crippen LogP contribution in [0.25, 0.3) is 34.2 Å². The first-order chi connectivity index (χ1) is 13.1. The van der Waals surface area contributed by atoms with E-state index >= 15 is 0 Å². The van der Waals surface area contributed by atoms with Crippen LogP contribution in [-0.4, -0.2) is 63.8 Å².